The van der Waals surface area contributed by atoms with Crippen LogP contribution in [-0.4, -0.2) is 88.5 Å². The number of hydrogen-bond donors (Lipinski definition) is 0. The van der Waals surface area contributed by atoms with Gasteiger partial charge in [0, 0.05) is 6.61 Å². The van der Waals surface area contributed by atoms with Gasteiger partial charge in [0.1, 0.15) is 0 Å². The van der Waals surface area contributed by atoms with Gasteiger partial charge in [-0.2, -0.15) is 0 Å². The molecule has 0 aliphatic rings. The van der Waals surface area contributed by atoms with E-state index in [2.05, 4.69) is 62.8 Å². The third kappa shape index (κ3) is 15.0. The Morgan fingerprint density at radius 2 is 0.900 bits per heavy atom. The summed E-state index contributed by atoms with van der Waals surface area (Å²) < 4.78 is 6.24. The maximum absolute atomic E-state index is 6.24. The Morgan fingerprint density at radius 1 is 0.533 bits per heavy atom. The minimum Gasteiger partial charge on any atom is -0.417 e. The van der Waals surface area contributed by atoms with E-state index in [0.717, 1.165) is 6.61 Å². The minimum atomic E-state index is -1.52. The van der Waals surface area contributed by atoms with Crippen LogP contribution in [0.2, 0.25) is 18.6 Å². The Morgan fingerprint density at radius 3 is 1.20 bits per heavy atom. The molecule has 182 valence electrons. The molecule has 0 aromatic heterocycles. The van der Waals surface area contributed by atoms with E-state index in [-0.39, 0.29) is 0 Å². The van der Waals surface area contributed by atoms with Crippen molar-refractivity contribution in [2.75, 3.05) is 65.5 Å². The van der Waals surface area contributed by atoms with Crippen molar-refractivity contribution in [3.63, 3.8) is 0 Å². The van der Waals surface area contributed by atoms with Crippen molar-refractivity contribution >= 4 is 8.32 Å². The first-order valence-electron chi connectivity index (χ1n) is 13.3. The van der Waals surface area contributed by atoms with Crippen LogP contribution in [0.15, 0.2) is 0 Å². The van der Waals surface area contributed by atoms with Gasteiger partial charge in [-0.05, 0) is 123 Å². The fourth-order valence-corrected chi connectivity index (χ4v) is 6.59. The molecule has 30 heavy (non-hydrogen) atoms. The number of hydrogen-bond acceptors (Lipinski definition) is 4. The zero-order chi connectivity index (χ0) is 22.7. The van der Waals surface area contributed by atoms with Gasteiger partial charge < -0.3 is 19.1 Å². The van der Waals surface area contributed by atoms with E-state index >= 15 is 0 Å². The molecule has 0 saturated heterocycles. The third-order valence-corrected chi connectivity index (χ3v) is 10.0. The summed E-state index contributed by atoms with van der Waals surface area (Å²) in [6.07, 6.45) is 7.66. The first-order chi connectivity index (χ1) is 14.5. The van der Waals surface area contributed by atoms with Gasteiger partial charge in [0.25, 0.3) is 0 Å². The third-order valence-electron chi connectivity index (χ3n) is 6.25. The molecule has 0 aliphatic heterocycles. The summed E-state index contributed by atoms with van der Waals surface area (Å²) in [7, 11) is -1.52. The van der Waals surface area contributed by atoms with Crippen molar-refractivity contribution in [1.82, 2.24) is 14.7 Å². The van der Waals surface area contributed by atoms with Gasteiger partial charge in [-0.15, -0.1) is 0 Å². The zero-order valence-corrected chi connectivity index (χ0v) is 23.0. The Hall–Kier alpha value is 0.0569. The summed E-state index contributed by atoms with van der Waals surface area (Å²) in [5, 5.41) is 0. The van der Waals surface area contributed by atoms with Gasteiger partial charge >= 0.3 is 0 Å². The number of nitrogens with zero attached hydrogens (tertiary/aromatic N) is 3. The standard InChI is InChI=1S/C25H57N3OSi/c1-8-16-26(17-9-2)20-14-22-28(24-25-30(7,13-6)29-12-5)23-15-21-27(18-10-3)19-11-4/h8-25H2,1-7H3. The van der Waals surface area contributed by atoms with Crippen molar-refractivity contribution in [3.05, 3.63) is 0 Å². The lowest BCUT2D eigenvalue weighted by molar-refractivity contribution is 0.210. The number of rotatable bonds is 22. The van der Waals surface area contributed by atoms with E-state index in [1.165, 1.54) is 110 Å². The summed E-state index contributed by atoms with van der Waals surface area (Å²) in [6.45, 7) is 28.2. The highest BCUT2D eigenvalue weighted by Gasteiger charge is 2.26. The maximum Gasteiger partial charge on any atom is 0.190 e. The van der Waals surface area contributed by atoms with E-state index < -0.39 is 8.32 Å². The maximum atomic E-state index is 6.24. The molecule has 0 aromatic rings. The van der Waals surface area contributed by atoms with Crippen LogP contribution < -0.4 is 0 Å². The second-order valence-corrected chi connectivity index (χ2v) is 13.6. The van der Waals surface area contributed by atoms with E-state index in [0.29, 0.717) is 0 Å². The normalized spacial score (nSPS) is 14.2. The largest absolute Gasteiger partial charge is 0.417 e. The van der Waals surface area contributed by atoms with Gasteiger partial charge in [0.05, 0.1) is 0 Å². The molecule has 0 rings (SSSR count). The van der Waals surface area contributed by atoms with Crippen LogP contribution in [0.5, 0.6) is 0 Å². The Bertz CT molecular complexity index is 338. The molecular weight excluding hydrogens is 386 g/mol. The first-order valence-corrected chi connectivity index (χ1v) is 16.1. The zero-order valence-electron chi connectivity index (χ0n) is 22.0. The second-order valence-electron chi connectivity index (χ2n) is 9.22. The molecule has 0 heterocycles. The summed E-state index contributed by atoms with van der Waals surface area (Å²) in [5.41, 5.74) is 0. The van der Waals surface area contributed by atoms with E-state index in [1.807, 2.05) is 0 Å². The molecule has 0 fully saturated rings. The van der Waals surface area contributed by atoms with Crippen molar-refractivity contribution in [2.24, 2.45) is 0 Å². The quantitative estimate of drug-likeness (QED) is 0.193. The SMILES string of the molecule is CCCN(CCC)CCCN(CCCN(CCC)CCC)CC[Si](C)(CC)OCC. The van der Waals surface area contributed by atoms with Gasteiger partial charge in [0.15, 0.2) is 8.32 Å². The summed E-state index contributed by atoms with van der Waals surface area (Å²) in [5.74, 6) is 0. The molecule has 0 N–H and O–H groups in total. The van der Waals surface area contributed by atoms with E-state index in [9.17, 15) is 0 Å². The lowest BCUT2D eigenvalue weighted by Gasteiger charge is -2.31. The molecule has 0 aliphatic carbocycles. The average Bonchev–Trinajstić information content (AvgIpc) is 2.72. The van der Waals surface area contributed by atoms with Crippen LogP contribution in [0.3, 0.4) is 0 Å². The van der Waals surface area contributed by atoms with Gasteiger partial charge in [-0.1, -0.05) is 34.6 Å². The fourth-order valence-electron chi connectivity index (χ4n) is 4.40. The molecule has 5 heteroatoms. The monoisotopic (exact) mass is 443 g/mol. The topological polar surface area (TPSA) is 19.0 Å². The Kier molecular flexibility index (Phi) is 19.8. The molecule has 0 aromatic carbocycles. The molecule has 4 nitrogen and oxygen atoms in total. The fraction of sp³-hybridized carbons (Fsp3) is 1.00. The minimum absolute atomic E-state index is 0.878. The smallest absolute Gasteiger partial charge is 0.190 e. The van der Waals surface area contributed by atoms with Crippen molar-refractivity contribution in [2.45, 2.75) is 98.7 Å². The van der Waals surface area contributed by atoms with Crippen LogP contribution in [0.4, 0.5) is 0 Å². The molecule has 0 spiro atoms. The Balaban J connectivity index is 4.69. The molecule has 1 unspecified atom stereocenters. The van der Waals surface area contributed by atoms with E-state index in [4.69, 9.17) is 4.43 Å². The molecule has 0 bridgehead atoms. The predicted molar refractivity (Wildman–Crippen MR) is 138 cm³/mol. The molecular formula is C25H57N3OSi. The van der Waals surface area contributed by atoms with Crippen LogP contribution >= 0.6 is 0 Å². The molecule has 0 radical (unpaired) electrons. The predicted octanol–water partition coefficient (Wildman–Crippen LogP) is 5.94. The van der Waals surface area contributed by atoms with Crippen molar-refractivity contribution in [1.29, 1.82) is 0 Å². The van der Waals surface area contributed by atoms with Gasteiger partial charge in [-0.3, -0.25) is 0 Å². The summed E-state index contributed by atoms with van der Waals surface area (Å²) >= 11 is 0. The van der Waals surface area contributed by atoms with Crippen LogP contribution in [-0.2, 0) is 4.43 Å². The molecule has 0 amide bonds. The molecule has 1 atom stereocenters. The lowest BCUT2D eigenvalue weighted by Crippen LogP contribution is -2.40. The average molecular weight is 444 g/mol. The van der Waals surface area contributed by atoms with Crippen LogP contribution in [0.25, 0.3) is 0 Å². The van der Waals surface area contributed by atoms with E-state index in [1.54, 1.807) is 0 Å². The van der Waals surface area contributed by atoms with Gasteiger partial charge in [-0.25, -0.2) is 0 Å². The molecule has 0 saturated carbocycles. The Labute approximate surface area is 191 Å². The summed E-state index contributed by atoms with van der Waals surface area (Å²) in [4.78, 5) is 8.08. The van der Waals surface area contributed by atoms with Crippen LogP contribution in [0, 0.1) is 0 Å². The first kappa shape index (κ1) is 30.1. The highest BCUT2D eigenvalue weighted by atomic mass is 28.4. The van der Waals surface area contributed by atoms with Gasteiger partial charge in [0.2, 0.25) is 0 Å². The van der Waals surface area contributed by atoms with Crippen LogP contribution in [0.1, 0.15) is 80.1 Å². The summed E-state index contributed by atoms with van der Waals surface area (Å²) in [6, 6.07) is 2.51. The second kappa shape index (κ2) is 19.7. The van der Waals surface area contributed by atoms with Crippen molar-refractivity contribution < 1.29 is 4.43 Å². The lowest BCUT2D eigenvalue weighted by atomic mass is 10.2. The highest BCUT2D eigenvalue weighted by Crippen LogP contribution is 2.18. The van der Waals surface area contributed by atoms with Crippen molar-refractivity contribution in [3.8, 4) is 0 Å². The highest BCUT2D eigenvalue weighted by molar-refractivity contribution is 6.72.